The fourth-order valence-electron chi connectivity index (χ4n) is 3.17. The van der Waals surface area contributed by atoms with Crippen LogP contribution in [0.4, 0.5) is 0 Å². The van der Waals surface area contributed by atoms with E-state index in [4.69, 9.17) is 0 Å². The highest BCUT2D eigenvalue weighted by atomic mass is 16.2. The molecule has 3 aromatic carbocycles. The molecule has 1 atom stereocenters. The highest BCUT2D eigenvalue weighted by Crippen LogP contribution is 2.16. The molecule has 0 aromatic heterocycles. The van der Waals surface area contributed by atoms with Gasteiger partial charge in [-0.3, -0.25) is 9.59 Å². The fraction of sp³-hybridized carbons (Fsp3) is 0.250. The number of nitrogens with one attached hydrogen (secondary N) is 2. The zero-order chi connectivity index (χ0) is 19.9. The summed E-state index contributed by atoms with van der Waals surface area (Å²) in [5.74, 6) is -0.399. The lowest BCUT2D eigenvalue weighted by Crippen LogP contribution is -2.50. The molecule has 0 spiro atoms. The van der Waals surface area contributed by atoms with Gasteiger partial charge in [-0.1, -0.05) is 74.5 Å². The Labute approximate surface area is 166 Å². The van der Waals surface area contributed by atoms with Crippen molar-refractivity contribution in [1.82, 2.24) is 10.6 Å². The van der Waals surface area contributed by atoms with E-state index in [0.29, 0.717) is 12.1 Å². The van der Waals surface area contributed by atoms with E-state index in [1.54, 1.807) is 6.07 Å². The molecule has 144 valence electrons. The van der Waals surface area contributed by atoms with E-state index in [2.05, 4.69) is 10.6 Å². The third-order valence-corrected chi connectivity index (χ3v) is 4.80. The van der Waals surface area contributed by atoms with E-state index in [9.17, 15) is 9.59 Å². The van der Waals surface area contributed by atoms with Crippen LogP contribution in [-0.4, -0.2) is 24.4 Å². The first-order valence-corrected chi connectivity index (χ1v) is 9.66. The average molecular weight is 374 g/mol. The van der Waals surface area contributed by atoms with Crippen molar-refractivity contribution in [3.63, 3.8) is 0 Å². The molecule has 0 saturated heterocycles. The summed E-state index contributed by atoms with van der Waals surface area (Å²) in [4.78, 5) is 25.3. The lowest BCUT2D eigenvalue weighted by atomic mass is 10.0. The van der Waals surface area contributed by atoms with E-state index in [1.165, 1.54) is 5.56 Å². The zero-order valence-electron chi connectivity index (χ0n) is 16.3. The van der Waals surface area contributed by atoms with Crippen molar-refractivity contribution in [2.75, 3.05) is 6.54 Å². The summed E-state index contributed by atoms with van der Waals surface area (Å²) in [7, 11) is 0. The molecule has 0 fully saturated rings. The monoisotopic (exact) mass is 374 g/mol. The smallest absolute Gasteiger partial charge is 0.251 e. The Kier molecular flexibility index (Phi) is 6.43. The summed E-state index contributed by atoms with van der Waals surface area (Å²) >= 11 is 0. The number of amides is 2. The molecule has 0 bridgehead atoms. The van der Waals surface area contributed by atoms with Crippen LogP contribution in [0.2, 0.25) is 0 Å². The van der Waals surface area contributed by atoms with E-state index < -0.39 is 6.04 Å². The summed E-state index contributed by atoms with van der Waals surface area (Å²) in [5.41, 5.74) is 1.73. The van der Waals surface area contributed by atoms with Crippen molar-refractivity contribution in [3.05, 3.63) is 83.9 Å². The molecule has 0 aliphatic rings. The van der Waals surface area contributed by atoms with Crippen molar-refractivity contribution < 1.29 is 9.59 Å². The van der Waals surface area contributed by atoms with Gasteiger partial charge in [-0.2, -0.15) is 0 Å². The summed E-state index contributed by atoms with van der Waals surface area (Å²) in [6.07, 6.45) is 0.760. The molecule has 28 heavy (non-hydrogen) atoms. The molecule has 1 unspecified atom stereocenters. The van der Waals surface area contributed by atoms with Crippen molar-refractivity contribution in [2.24, 2.45) is 5.92 Å². The van der Waals surface area contributed by atoms with Gasteiger partial charge in [0.25, 0.3) is 5.91 Å². The summed E-state index contributed by atoms with van der Waals surface area (Å²) in [5, 5.41) is 7.93. The second-order valence-corrected chi connectivity index (χ2v) is 7.28. The van der Waals surface area contributed by atoms with Gasteiger partial charge in [-0.05, 0) is 40.8 Å². The van der Waals surface area contributed by atoms with Gasteiger partial charge >= 0.3 is 0 Å². The summed E-state index contributed by atoms with van der Waals surface area (Å²) in [6, 6.07) is 22.9. The summed E-state index contributed by atoms with van der Waals surface area (Å²) in [6.45, 7) is 4.40. The minimum absolute atomic E-state index is 0.0128. The quantitative estimate of drug-likeness (QED) is 0.658. The molecule has 0 heterocycles. The molecule has 2 N–H and O–H groups in total. The second-order valence-electron chi connectivity index (χ2n) is 7.28. The van der Waals surface area contributed by atoms with E-state index in [0.717, 1.165) is 17.2 Å². The standard InChI is InChI=1S/C24H26N2O2/c1-17(2)22(24(28)25-15-14-18-8-4-3-5-9-18)26-23(27)21-13-12-19-10-6-7-11-20(19)16-21/h3-13,16-17,22H,14-15H2,1-2H3,(H,25,28)(H,26,27). The van der Waals surface area contributed by atoms with Crippen molar-refractivity contribution in [1.29, 1.82) is 0 Å². The van der Waals surface area contributed by atoms with Gasteiger partial charge in [0.15, 0.2) is 0 Å². The topological polar surface area (TPSA) is 58.2 Å². The van der Waals surface area contributed by atoms with Crippen LogP contribution in [0.5, 0.6) is 0 Å². The molecule has 0 radical (unpaired) electrons. The van der Waals surface area contributed by atoms with Gasteiger partial charge in [0.05, 0.1) is 0 Å². The largest absolute Gasteiger partial charge is 0.354 e. The van der Waals surface area contributed by atoms with Crippen molar-refractivity contribution in [2.45, 2.75) is 26.3 Å². The molecule has 3 rings (SSSR count). The zero-order valence-corrected chi connectivity index (χ0v) is 16.3. The lowest BCUT2D eigenvalue weighted by Gasteiger charge is -2.22. The van der Waals surface area contributed by atoms with Crippen LogP contribution in [0.3, 0.4) is 0 Å². The number of benzene rings is 3. The van der Waals surface area contributed by atoms with E-state index in [1.807, 2.05) is 80.6 Å². The van der Waals surface area contributed by atoms with E-state index in [-0.39, 0.29) is 17.7 Å². The van der Waals surface area contributed by atoms with Gasteiger partial charge in [0.1, 0.15) is 6.04 Å². The Hall–Kier alpha value is -3.14. The van der Waals surface area contributed by atoms with Crippen molar-refractivity contribution in [3.8, 4) is 0 Å². The Bertz CT molecular complexity index is 951. The maximum Gasteiger partial charge on any atom is 0.251 e. The first-order chi connectivity index (χ1) is 13.5. The SMILES string of the molecule is CC(C)C(NC(=O)c1ccc2ccccc2c1)C(=O)NCCc1ccccc1. The minimum Gasteiger partial charge on any atom is -0.354 e. The number of carbonyl (C=O) groups excluding carboxylic acids is 2. The van der Waals surface area contributed by atoms with Gasteiger partial charge in [-0.15, -0.1) is 0 Å². The lowest BCUT2D eigenvalue weighted by molar-refractivity contribution is -0.123. The normalized spacial score (nSPS) is 12.0. The fourth-order valence-corrected chi connectivity index (χ4v) is 3.17. The number of hydrogen-bond acceptors (Lipinski definition) is 2. The summed E-state index contributed by atoms with van der Waals surface area (Å²) < 4.78 is 0. The Morgan fingerprint density at radius 2 is 1.54 bits per heavy atom. The number of fused-ring (bicyclic) bond motifs is 1. The van der Waals surface area contributed by atoms with Gasteiger partial charge < -0.3 is 10.6 Å². The third kappa shape index (κ3) is 4.97. The minimum atomic E-state index is -0.574. The van der Waals surface area contributed by atoms with Crippen LogP contribution in [-0.2, 0) is 11.2 Å². The van der Waals surface area contributed by atoms with Crippen molar-refractivity contribution >= 4 is 22.6 Å². The maximum absolute atomic E-state index is 12.7. The van der Waals surface area contributed by atoms with Crippen LogP contribution < -0.4 is 10.6 Å². The average Bonchev–Trinajstić information content (AvgIpc) is 2.72. The van der Waals surface area contributed by atoms with Crippen LogP contribution in [0.25, 0.3) is 10.8 Å². The first-order valence-electron chi connectivity index (χ1n) is 9.66. The number of rotatable bonds is 7. The predicted octanol–water partition coefficient (Wildman–Crippen LogP) is 3.95. The maximum atomic E-state index is 12.7. The molecule has 0 aliphatic heterocycles. The van der Waals surface area contributed by atoms with Crippen LogP contribution in [0.1, 0.15) is 29.8 Å². The molecule has 3 aromatic rings. The number of carbonyl (C=O) groups is 2. The third-order valence-electron chi connectivity index (χ3n) is 4.80. The Morgan fingerprint density at radius 3 is 2.25 bits per heavy atom. The highest BCUT2D eigenvalue weighted by molar-refractivity contribution is 6.00. The molecular weight excluding hydrogens is 348 g/mol. The van der Waals surface area contributed by atoms with E-state index >= 15 is 0 Å². The van der Waals surface area contributed by atoms with Gasteiger partial charge in [-0.25, -0.2) is 0 Å². The molecule has 0 aliphatic carbocycles. The molecule has 0 saturated carbocycles. The van der Waals surface area contributed by atoms with Crippen LogP contribution in [0.15, 0.2) is 72.8 Å². The van der Waals surface area contributed by atoms with Gasteiger partial charge in [0, 0.05) is 12.1 Å². The molecule has 2 amide bonds. The molecule has 4 heteroatoms. The predicted molar refractivity (Wildman–Crippen MR) is 113 cm³/mol. The molecule has 4 nitrogen and oxygen atoms in total. The van der Waals surface area contributed by atoms with Crippen LogP contribution in [0, 0.1) is 5.92 Å². The van der Waals surface area contributed by atoms with Gasteiger partial charge in [0.2, 0.25) is 5.91 Å². The Morgan fingerprint density at radius 1 is 0.857 bits per heavy atom. The Balaban J connectivity index is 1.62. The first kappa shape index (κ1) is 19.6. The second kappa shape index (κ2) is 9.18. The molecular formula is C24H26N2O2. The number of hydrogen-bond donors (Lipinski definition) is 2. The highest BCUT2D eigenvalue weighted by Gasteiger charge is 2.24. The van der Waals surface area contributed by atoms with Crippen LogP contribution >= 0.6 is 0 Å².